The third-order valence-electron chi connectivity index (χ3n) is 4.10. The van der Waals surface area contributed by atoms with Gasteiger partial charge in [0.15, 0.2) is 5.75 Å². The van der Waals surface area contributed by atoms with E-state index in [9.17, 15) is 9.59 Å². The first-order chi connectivity index (χ1) is 13.5. The Morgan fingerprint density at radius 2 is 1.93 bits per heavy atom. The number of halogens is 1. The van der Waals surface area contributed by atoms with Crippen molar-refractivity contribution in [2.24, 2.45) is 7.05 Å². The minimum atomic E-state index is -0.412. The van der Waals surface area contributed by atoms with E-state index in [1.54, 1.807) is 49.1 Å². The van der Waals surface area contributed by atoms with E-state index in [0.29, 0.717) is 16.5 Å². The number of carbonyl (C=O) groups excluding carboxylic acids is 1. The molecule has 0 saturated heterocycles. The molecule has 0 bridgehead atoms. The molecule has 1 amide bonds. The maximum atomic E-state index is 12.6. The number of anilines is 1. The molecule has 0 fully saturated rings. The lowest BCUT2D eigenvalue weighted by Gasteiger charge is -2.13. The number of hydrogen-bond donors (Lipinski definition) is 1. The zero-order chi connectivity index (χ0) is 20.1. The van der Waals surface area contributed by atoms with Gasteiger partial charge >= 0.3 is 0 Å². The third kappa shape index (κ3) is 4.53. The summed E-state index contributed by atoms with van der Waals surface area (Å²) in [5.41, 5.74) is 1.15. The number of hydrogen-bond acceptors (Lipinski definition) is 4. The van der Waals surface area contributed by atoms with Crippen LogP contribution in [0.3, 0.4) is 0 Å². The van der Waals surface area contributed by atoms with Gasteiger partial charge in [-0.25, -0.2) is 0 Å². The molecule has 0 unspecified atom stereocenters. The van der Waals surface area contributed by atoms with Gasteiger partial charge in [0.2, 0.25) is 5.43 Å². The van der Waals surface area contributed by atoms with Crippen LogP contribution in [0, 0.1) is 0 Å². The van der Waals surface area contributed by atoms with Crippen LogP contribution >= 0.6 is 11.6 Å². The normalized spacial score (nSPS) is 10.4. The fourth-order valence-corrected chi connectivity index (χ4v) is 2.80. The van der Waals surface area contributed by atoms with Gasteiger partial charge < -0.3 is 19.4 Å². The molecule has 7 heteroatoms. The van der Waals surface area contributed by atoms with Gasteiger partial charge in [0.1, 0.15) is 18.1 Å². The fourth-order valence-electron chi connectivity index (χ4n) is 2.61. The van der Waals surface area contributed by atoms with Gasteiger partial charge in [0.25, 0.3) is 5.91 Å². The predicted molar refractivity (Wildman–Crippen MR) is 108 cm³/mol. The van der Waals surface area contributed by atoms with E-state index in [4.69, 9.17) is 21.1 Å². The molecule has 1 aromatic heterocycles. The topological polar surface area (TPSA) is 69.6 Å². The van der Waals surface area contributed by atoms with Gasteiger partial charge in [-0.15, -0.1) is 0 Å². The standard InChI is InChI=1S/C21H19ClN2O4/c1-24-12-20(28-13-14-6-3-4-9-17(14)22)19(25)11-18(24)21(26)23-15-7-5-8-16(10-15)27-2/h3-12H,13H2,1-2H3,(H,23,26). The van der Waals surface area contributed by atoms with Gasteiger partial charge in [-0.1, -0.05) is 35.9 Å². The molecule has 6 nitrogen and oxygen atoms in total. The average Bonchev–Trinajstić information content (AvgIpc) is 2.69. The largest absolute Gasteiger partial charge is 0.497 e. The molecule has 0 saturated carbocycles. The number of rotatable bonds is 6. The third-order valence-corrected chi connectivity index (χ3v) is 4.47. The Bertz CT molecular complexity index is 1060. The van der Waals surface area contributed by atoms with Crippen LogP contribution in [-0.4, -0.2) is 17.6 Å². The summed E-state index contributed by atoms with van der Waals surface area (Å²) in [6, 6.07) is 15.5. The smallest absolute Gasteiger partial charge is 0.272 e. The van der Waals surface area contributed by atoms with Crippen LogP contribution < -0.4 is 20.2 Å². The van der Waals surface area contributed by atoms with Crippen molar-refractivity contribution in [2.45, 2.75) is 6.61 Å². The highest BCUT2D eigenvalue weighted by atomic mass is 35.5. The van der Waals surface area contributed by atoms with Crippen LogP contribution in [0.15, 0.2) is 65.6 Å². The zero-order valence-corrected chi connectivity index (χ0v) is 16.2. The zero-order valence-electron chi connectivity index (χ0n) is 15.4. The number of aromatic nitrogens is 1. The van der Waals surface area contributed by atoms with E-state index in [0.717, 1.165) is 5.56 Å². The number of nitrogens with zero attached hydrogens (tertiary/aromatic N) is 1. The summed E-state index contributed by atoms with van der Waals surface area (Å²) >= 11 is 6.10. The molecule has 2 aromatic carbocycles. The maximum absolute atomic E-state index is 12.6. The molecular weight excluding hydrogens is 380 g/mol. The van der Waals surface area contributed by atoms with E-state index < -0.39 is 5.91 Å². The number of pyridine rings is 1. The van der Waals surface area contributed by atoms with Crippen molar-refractivity contribution in [3.8, 4) is 11.5 Å². The van der Waals surface area contributed by atoms with Crippen molar-refractivity contribution in [2.75, 3.05) is 12.4 Å². The SMILES string of the molecule is COc1cccc(NC(=O)c2cc(=O)c(OCc3ccccc3Cl)cn2C)c1. The Hall–Kier alpha value is -3.25. The molecule has 0 aliphatic heterocycles. The van der Waals surface area contributed by atoms with Crippen LogP contribution in [0.5, 0.6) is 11.5 Å². The van der Waals surface area contributed by atoms with Gasteiger partial charge in [0, 0.05) is 35.5 Å². The second-order valence-corrected chi connectivity index (χ2v) is 6.47. The first-order valence-corrected chi connectivity index (χ1v) is 8.88. The van der Waals surface area contributed by atoms with Crippen molar-refractivity contribution in [1.29, 1.82) is 0 Å². The van der Waals surface area contributed by atoms with Crippen LogP contribution in [0.4, 0.5) is 5.69 Å². The van der Waals surface area contributed by atoms with Gasteiger partial charge in [0.05, 0.1) is 13.3 Å². The van der Waals surface area contributed by atoms with E-state index in [2.05, 4.69) is 5.32 Å². The second kappa shape index (κ2) is 8.63. The Balaban J connectivity index is 1.76. The maximum Gasteiger partial charge on any atom is 0.272 e. The molecule has 0 radical (unpaired) electrons. The van der Waals surface area contributed by atoms with Gasteiger partial charge in [-0.2, -0.15) is 0 Å². The quantitative estimate of drug-likeness (QED) is 0.684. The highest BCUT2D eigenvalue weighted by Crippen LogP contribution is 2.19. The molecular formula is C21H19ClN2O4. The molecule has 0 aliphatic rings. The number of carbonyl (C=O) groups is 1. The van der Waals surface area contributed by atoms with Crippen molar-refractivity contribution >= 4 is 23.2 Å². The number of methoxy groups -OCH3 is 1. The molecule has 3 aromatic rings. The van der Waals surface area contributed by atoms with Crippen LogP contribution in [0.1, 0.15) is 16.1 Å². The second-order valence-electron chi connectivity index (χ2n) is 6.06. The van der Waals surface area contributed by atoms with Crippen molar-refractivity contribution in [3.63, 3.8) is 0 Å². The number of nitrogens with one attached hydrogen (secondary N) is 1. The summed E-state index contributed by atoms with van der Waals surface area (Å²) in [6.07, 6.45) is 1.49. The Kier molecular flexibility index (Phi) is 6.01. The minimum Gasteiger partial charge on any atom is -0.497 e. The van der Waals surface area contributed by atoms with Gasteiger partial charge in [-0.3, -0.25) is 9.59 Å². The molecule has 0 spiro atoms. The molecule has 144 valence electrons. The lowest BCUT2D eigenvalue weighted by atomic mass is 10.2. The molecule has 1 N–H and O–H groups in total. The molecule has 1 heterocycles. The number of benzene rings is 2. The van der Waals surface area contributed by atoms with E-state index in [1.807, 2.05) is 18.2 Å². The lowest BCUT2D eigenvalue weighted by Crippen LogP contribution is -2.21. The molecule has 0 aliphatic carbocycles. The monoisotopic (exact) mass is 398 g/mol. The van der Waals surface area contributed by atoms with Gasteiger partial charge in [-0.05, 0) is 18.2 Å². The number of amides is 1. The highest BCUT2D eigenvalue weighted by Gasteiger charge is 2.14. The molecule has 0 atom stereocenters. The predicted octanol–water partition coefficient (Wildman–Crippen LogP) is 3.88. The summed E-state index contributed by atoms with van der Waals surface area (Å²) in [5.74, 6) is 0.348. The van der Waals surface area contributed by atoms with Crippen LogP contribution in [0.2, 0.25) is 5.02 Å². The average molecular weight is 399 g/mol. The fraction of sp³-hybridized carbons (Fsp3) is 0.143. The minimum absolute atomic E-state index is 0.139. The first-order valence-electron chi connectivity index (χ1n) is 8.50. The van der Waals surface area contributed by atoms with Crippen LogP contribution in [-0.2, 0) is 13.7 Å². The van der Waals surface area contributed by atoms with Crippen molar-refractivity contribution < 1.29 is 14.3 Å². The summed E-state index contributed by atoms with van der Waals surface area (Å²) < 4.78 is 12.3. The first kappa shape index (κ1) is 19.5. The summed E-state index contributed by atoms with van der Waals surface area (Å²) in [4.78, 5) is 24.9. The van der Waals surface area contributed by atoms with Crippen LogP contribution in [0.25, 0.3) is 0 Å². The number of ether oxygens (including phenoxy) is 2. The highest BCUT2D eigenvalue weighted by molar-refractivity contribution is 6.31. The van der Waals surface area contributed by atoms with Crippen molar-refractivity contribution in [1.82, 2.24) is 4.57 Å². The van der Waals surface area contributed by atoms with E-state index in [1.165, 1.54) is 12.3 Å². The summed E-state index contributed by atoms with van der Waals surface area (Å²) in [7, 11) is 3.22. The summed E-state index contributed by atoms with van der Waals surface area (Å²) in [6.45, 7) is 0.157. The lowest BCUT2D eigenvalue weighted by molar-refractivity contribution is 0.101. The Morgan fingerprint density at radius 3 is 2.68 bits per heavy atom. The van der Waals surface area contributed by atoms with E-state index >= 15 is 0 Å². The molecule has 28 heavy (non-hydrogen) atoms. The Morgan fingerprint density at radius 1 is 1.14 bits per heavy atom. The van der Waals surface area contributed by atoms with E-state index in [-0.39, 0.29) is 23.5 Å². The number of aryl methyl sites for hydroxylation is 1. The van der Waals surface area contributed by atoms with Crippen molar-refractivity contribution in [3.05, 3.63) is 87.3 Å². The summed E-state index contributed by atoms with van der Waals surface area (Å²) in [5, 5.41) is 3.31. The molecule has 3 rings (SSSR count). The Labute approximate surface area is 167 Å².